The highest BCUT2D eigenvalue weighted by atomic mass is 16.5. The fourth-order valence-corrected chi connectivity index (χ4v) is 9.92. The third kappa shape index (κ3) is 2.80. The summed E-state index contributed by atoms with van der Waals surface area (Å²) in [4.78, 5) is 0. The summed E-state index contributed by atoms with van der Waals surface area (Å²) < 4.78 is 6.96. The van der Waals surface area contributed by atoms with Crippen molar-refractivity contribution in [2.75, 3.05) is 13.2 Å². The smallest absolute Gasteiger partial charge is 0.122 e. The molecule has 0 aromatic rings. The second-order valence-electron chi connectivity index (χ2n) is 12.8. The Labute approximate surface area is 188 Å². The molecule has 0 aromatic carbocycles. The van der Waals surface area contributed by atoms with Crippen molar-refractivity contribution in [2.24, 2.45) is 46.3 Å². The van der Waals surface area contributed by atoms with Gasteiger partial charge in [0.1, 0.15) is 5.72 Å². The Bertz CT molecular complexity index is 758. The molecular weight excluding hydrogens is 386 g/mol. The molecule has 0 amide bonds. The highest BCUT2D eigenvalue weighted by molar-refractivity contribution is 5.26. The lowest BCUT2D eigenvalue weighted by Gasteiger charge is -2.58. The Morgan fingerprint density at radius 1 is 1.13 bits per heavy atom. The molecule has 2 heterocycles. The molecule has 4 aliphatic carbocycles. The Kier molecular flexibility index (Phi) is 4.80. The molecule has 4 heteroatoms. The Hall–Kier alpha value is -0.420. The number of allylic oxidation sites excluding steroid dienone is 1. The lowest BCUT2D eigenvalue weighted by atomic mass is 9.47. The summed E-state index contributed by atoms with van der Waals surface area (Å²) in [5.41, 5.74) is 2.12. The maximum absolute atomic E-state index is 10.3. The van der Waals surface area contributed by atoms with E-state index in [2.05, 4.69) is 32.2 Å². The lowest BCUT2D eigenvalue weighted by Crippen LogP contribution is -2.57. The Balaban J connectivity index is 1.26. The van der Waals surface area contributed by atoms with Crippen molar-refractivity contribution in [3.05, 3.63) is 11.6 Å². The number of rotatable bonds is 1. The fraction of sp³-hybridized carbons (Fsp3) is 0.926. The molecule has 0 aromatic heterocycles. The average molecular weight is 430 g/mol. The zero-order chi connectivity index (χ0) is 21.6. The molecule has 4 nitrogen and oxygen atoms in total. The van der Waals surface area contributed by atoms with Gasteiger partial charge in [0.15, 0.2) is 0 Å². The molecular formula is C27H43NO3. The standard InChI is InChI=1S/C27H43NO3/c1-16-24-23(31-27(16)11-6-17(15-29)14-28-27)13-22-20-5-4-18-12-19(30)7-9-25(18,2)21(20)8-10-26(22,24)3/h4,16-17,19-24,28-30H,5-15H2,1-3H3/t16-,17-,19+,20+,21+,22+,23+,24-,25+,26-,27-/m1/s1. The summed E-state index contributed by atoms with van der Waals surface area (Å²) in [6.45, 7) is 8.78. The van der Waals surface area contributed by atoms with Gasteiger partial charge in [-0.15, -0.1) is 0 Å². The van der Waals surface area contributed by atoms with E-state index in [-0.39, 0.29) is 11.8 Å². The number of hydrogen-bond acceptors (Lipinski definition) is 4. The van der Waals surface area contributed by atoms with Crippen molar-refractivity contribution in [1.29, 1.82) is 0 Å². The molecule has 6 rings (SSSR count). The van der Waals surface area contributed by atoms with Crippen LogP contribution < -0.4 is 5.32 Å². The number of aliphatic hydroxyl groups excluding tert-OH is 2. The molecule has 1 spiro atoms. The maximum Gasteiger partial charge on any atom is 0.122 e. The number of hydrogen-bond donors (Lipinski definition) is 3. The summed E-state index contributed by atoms with van der Waals surface area (Å²) in [7, 11) is 0. The third-order valence-corrected chi connectivity index (χ3v) is 11.7. The van der Waals surface area contributed by atoms with Crippen LogP contribution in [0.4, 0.5) is 0 Å². The molecule has 0 radical (unpaired) electrons. The summed E-state index contributed by atoms with van der Waals surface area (Å²) in [6.07, 6.45) is 13.2. The van der Waals surface area contributed by atoms with Gasteiger partial charge in [-0.2, -0.15) is 0 Å². The van der Waals surface area contributed by atoms with Gasteiger partial charge >= 0.3 is 0 Å². The minimum atomic E-state index is -0.156. The van der Waals surface area contributed by atoms with E-state index in [1.54, 1.807) is 5.57 Å². The summed E-state index contributed by atoms with van der Waals surface area (Å²) >= 11 is 0. The predicted octanol–water partition coefficient (Wildman–Crippen LogP) is 4.26. The van der Waals surface area contributed by atoms with Crippen molar-refractivity contribution >= 4 is 0 Å². The summed E-state index contributed by atoms with van der Waals surface area (Å²) in [5.74, 6) is 3.94. The summed E-state index contributed by atoms with van der Waals surface area (Å²) in [6, 6.07) is 0. The SMILES string of the molecule is C[C@@H]1[C@@H]2[C@H](C[C@H]3[C@H]4CC=C5C[C@@H](O)CC[C@]5(C)[C@H]4CC[C@@]23C)O[C@]12CC[C@@H](CO)CN2. The van der Waals surface area contributed by atoms with Gasteiger partial charge in [-0.1, -0.05) is 32.4 Å². The topological polar surface area (TPSA) is 61.7 Å². The van der Waals surface area contributed by atoms with E-state index in [0.29, 0.717) is 41.3 Å². The Morgan fingerprint density at radius 2 is 1.97 bits per heavy atom. The van der Waals surface area contributed by atoms with Crippen molar-refractivity contribution in [1.82, 2.24) is 5.32 Å². The monoisotopic (exact) mass is 429 g/mol. The second kappa shape index (κ2) is 7.04. The van der Waals surface area contributed by atoms with Gasteiger partial charge in [0.05, 0.1) is 12.2 Å². The van der Waals surface area contributed by atoms with Gasteiger partial charge < -0.3 is 14.9 Å². The number of piperidine rings is 1. The predicted molar refractivity (Wildman–Crippen MR) is 121 cm³/mol. The fourth-order valence-electron chi connectivity index (χ4n) is 9.92. The highest BCUT2D eigenvalue weighted by Crippen LogP contribution is 2.70. The van der Waals surface area contributed by atoms with Gasteiger partial charge in [0.25, 0.3) is 0 Å². The van der Waals surface area contributed by atoms with E-state index in [0.717, 1.165) is 50.0 Å². The van der Waals surface area contributed by atoms with Crippen LogP contribution in [0.5, 0.6) is 0 Å². The molecule has 11 atom stereocenters. The zero-order valence-electron chi connectivity index (χ0n) is 19.8. The number of fused-ring (bicyclic) bond motifs is 7. The lowest BCUT2D eigenvalue weighted by molar-refractivity contribution is -0.118. The van der Waals surface area contributed by atoms with Crippen LogP contribution in [0.15, 0.2) is 11.6 Å². The molecule has 174 valence electrons. The van der Waals surface area contributed by atoms with Crippen molar-refractivity contribution < 1.29 is 14.9 Å². The third-order valence-electron chi connectivity index (χ3n) is 11.7. The first kappa shape index (κ1) is 21.1. The molecule has 0 bridgehead atoms. The molecule has 3 N–H and O–H groups in total. The van der Waals surface area contributed by atoms with Gasteiger partial charge in [-0.3, -0.25) is 5.32 Å². The first-order chi connectivity index (χ1) is 14.8. The molecule has 6 aliphatic rings. The van der Waals surface area contributed by atoms with E-state index < -0.39 is 0 Å². The van der Waals surface area contributed by atoms with Crippen LogP contribution in [0.2, 0.25) is 0 Å². The highest BCUT2D eigenvalue weighted by Gasteiger charge is 2.68. The van der Waals surface area contributed by atoms with E-state index in [9.17, 15) is 10.2 Å². The first-order valence-corrected chi connectivity index (χ1v) is 13.2. The van der Waals surface area contributed by atoms with Gasteiger partial charge in [0.2, 0.25) is 0 Å². The van der Waals surface area contributed by atoms with E-state index in [4.69, 9.17) is 4.74 Å². The van der Waals surface area contributed by atoms with E-state index in [1.165, 1.54) is 32.1 Å². The minimum Gasteiger partial charge on any atom is -0.396 e. The van der Waals surface area contributed by atoms with Crippen LogP contribution in [0.25, 0.3) is 0 Å². The Morgan fingerprint density at radius 3 is 2.71 bits per heavy atom. The quantitative estimate of drug-likeness (QED) is 0.545. The van der Waals surface area contributed by atoms with E-state index >= 15 is 0 Å². The summed E-state index contributed by atoms with van der Waals surface area (Å²) in [5, 5.41) is 23.6. The van der Waals surface area contributed by atoms with Crippen LogP contribution in [0.3, 0.4) is 0 Å². The maximum atomic E-state index is 10.3. The van der Waals surface area contributed by atoms with Gasteiger partial charge in [-0.05, 0) is 98.2 Å². The zero-order valence-corrected chi connectivity index (χ0v) is 19.8. The van der Waals surface area contributed by atoms with Gasteiger partial charge in [0, 0.05) is 19.1 Å². The van der Waals surface area contributed by atoms with Crippen LogP contribution in [-0.2, 0) is 4.74 Å². The van der Waals surface area contributed by atoms with Crippen LogP contribution in [0, 0.1) is 46.3 Å². The second-order valence-corrected chi connectivity index (χ2v) is 12.8. The molecule has 3 saturated carbocycles. The number of nitrogens with one attached hydrogen (secondary N) is 1. The van der Waals surface area contributed by atoms with Crippen LogP contribution >= 0.6 is 0 Å². The number of ether oxygens (including phenoxy) is 1. The molecule has 5 fully saturated rings. The molecule has 31 heavy (non-hydrogen) atoms. The minimum absolute atomic E-state index is 0.116. The van der Waals surface area contributed by atoms with Crippen molar-refractivity contribution in [2.45, 2.75) is 96.5 Å². The molecule has 0 unspecified atom stereocenters. The van der Waals surface area contributed by atoms with Crippen LogP contribution in [-0.4, -0.2) is 41.3 Å². The normalized spacial score (nSPS) is 58.3. The van der Waals surface area contributed by atoms with E-state index in [1.807, 2.05) is 0 Å². The van der Waals surface area contributed by atoms with Crippen LogP contribution in [0.1, 0.15) is 78.6 Å². The first-order valence-electron chi connectivity index (χ1n) is 13.2. The molecule has 2 saturated heterocycles. The van der Waals surface area contributed by atoms with Crippen molar-refractivity contribution in [3.63, 3.8) is 0 Å². The largest absolute Gasteiger partial charge is 0.396 e. The number of aliphatic hydroxyl groups is 2. The van der Waals surface area contributed by atoms with Crippen molar-refractivity contribution in [3.8, 4) is 0 Å². The molecule has 2 aliphatic heterocycles. The van der Waals surface area contributed by atoms with Gasteiger partial charge in [-0.25, -0.2) is 0 Å². The average Bonchev–Trinajstić information content (AvgIpc) is 3.20.